The van der Waals surface area contributed by atoms with Crippen LogP contribution in [0.5, 0.6) is 11.5 Å². The van der Waals surface area contributed by atoms with E-state index < -0.39 is 24.2 Å². The Bertz CT molecular complexity index is 1640. The van der Waals surface area contributed by atoms with Crippen molar-refractivity contribution in [1.82, 2.24) is 15.2 Å². The summed E-state index contributed by atoms with van der Waals surface area (Å²) in [5, 5.41) is 35.0. The summed E-state index contributed by atoms with van der Waals surface area (Å²) in [6.07, 6.45) is 2.92. The van der Waals surface area contributed by atoms with E-state index in [-0.39, 0.29) is 51.3 Å². The van der Waals surface area contributed by atoms with E-state index >= 15 is 0 Å². The van der Waals surface area contributed by atoms with Crippen LogP contribution in [0.25, 0.3) is 10.9 Å². The normalized spacial score (nSPS) is 23.6. The van der Waals surface area contributed by atoms with Gasteiger partial charge in [-0.2, -0.15) is 0 Å². The smallest absolute Gasteiger partial charge is 0.248 e. The zero-order valence-corrected chi connectivity index (χ0v) is 32.1. The van der Waals surface area contributed by atoms with E-state index in [9.17, 15) is 24.9 Å². The number of benzene rings is 2. The van der Waals surface area contributed by atoms with E-state index in [4.69, 9.17) is 14.2 Å². The molecule has 6 unspecified atom stereocenters. The molecule has 6 atom stereocenters. The van der Waals surface area contributed by atoms with Gasteiger partial charge in [-0.3, -0.25) is 9.59 Å². The summed E-state index contributed by atoms with van der Waals surface area (Å²) in [7, 11) is 1.49. The molecule has 5 rings (SSSR count). The zero-order valence-electron chi connectivity index (χ0n) is 29.9. The fourth-order valence-corrected chi connectivity index (χ4v) is 8.24. The number of H-pyrrole nitrogens is 1. The number of aromatic amines is 1. The van der Waals surface area contributed by atoms with E-state index in [1.54, 1.807) is 23.1 Å². The lowest BCUT2D eigenvalue weighted by atomic mass is 9.75. The number of carbonyl (C=O) groups excluding carboxylic acids is 2. The molecule has 2 amide bonds. The molecule has 0 radical (unpaired) electrons. The number of amides is 2. The van der Waals surface area contributed by atoms with Crippen LogP contribution in [0, 0.1) is 21.3 Å². The van der Waals surface area contributed by atoms with Gasteiger partial charge in [0.05, 0.1) is 36.0 Å². The van der Waals surface area contributed by atoms with Crippen LogP contribution in [0.2, 0.25) is 0 Å². The molecule has 2 aromatic carbocycles. The van der Waals surface area contributed by atoms with Crippen LogP contribution in [0.3, 0.4) is 0 Å². The number of carbonyl (C=O) groups is 2. The van der Waals surface area contributed by atoms with Crippen molar-refractivity contribution >= 4 is 45.3 Å². The molecule has 12 heteroatoms. The minimum atomic E-state index is -1.22. The van der Waals surface area contributed by atoms with Crippen molar-refractivity contribution in [2.24, 2.45) is 17.8 Å². The van der Waals surface area contributed by atoms with Gasteiger partial charge in [0.2, 0.25) is 11.8 Å². The summed E-state index contributed by atoms with van der Waals surface area (Å²) in [4.78, 5) is 32.8. The maximum absolute atomic E-state index is 14.4. The van der Waals surface area contributed by atoms with Gasteiger partial charge in [0, 0.05) is 42.7 Å². The van der Waals surface area contributed by atoms with Crippen LogP contribution < -0.4 is 14.8 Å². The van der Waals surface area contributed by atoms with Crippen molar-refractivity contribution in [3.8, 4) is 11.5 Å². The van der Waals surface area contributed by atoms with Crippen LogP contribution in [0.4, 0.5) is 0 Å². The van der Waals surface area contributed by atoms with Gasteiger partial charge in [-0.25, -0.2) is 0 Å². The molecule has 11 nitrogen and oxygen atoms in total. The van der Waals surface area contributed by atoms with E-state index in [2.05, 4.69) is 59.7 Å². The number of halogens is 1. The van der Waals surface area contributed by atoms with Gasteiger partial charge in [-0.15, -0.1) is 0 Å². The predicted molar refractivity (Wildman–Crippen MR) is 203 cm³/mol. The first-order valence-electron chi connectivity index (χ1n) is 17.9. The summed E-state index contributed by atoms with van der Waals surface area (Å²) < 4.78 is 19.1. The maximum Gasteiger partial charge on any atom is 0.248 e. The van der Waals surface area contributed by atoms with Crippen LogP contribution in [-0.2, 0) is 27.4 Å². The van der Waals surface area contributed by atoms with Gasteiger partial charge in [-0.1, -0.05) is 45.4 Å². The van der Waals surface area contributed by atoms with Gasteiger partial charge in [0.15, 0.2) is 11.5 Å². The monoisotopic (exact) mass is 817 g/mol. The molecule has 1 heterocycles. The lowest BCUT2D eigenvalue weighted by molar-refractivity contribution is -0.148. The molecule has 278 valence electrons. The Balaban J connectivity index is 1.47. The topological polar surface area (TPSA) is 154 Å². The lowest BCUT2D eigenvalue weighted by Crippen LogP contribution is -2.56. The number of aromatic nitrogens is 1. The highest BCUT2D eigenvalue weighted by Gasteiger charge is 2.41. The highest BCUT2D eigenvalue weighted by Crippen LogP contribution is 2.38. The maximum atomic E-state index is 14.4. The Labute approximate surface area is 313 Å². The Morgan fingerprint density at radius 3 is 2.63 bits per heavy atom. The number of nitrogens with zero attached hydrogens (tertiary/aromatic N) is 1. The molecule has 1 saturated carbocycles. The fraction of sp³-hybridized carbons (Fsp3) is 0.538. The van der Waals surface area contributed by atoms with Gasteiger partial charge in [-0.05, 0) is 94.5 Å². The van der Waals surface area contributed by atoms with Crippen molar-refractivity contribution in [1.29, 1.82) is 0 Å². The van der Waals surface area contributed by atoms with E-state index in [0.717, 1.165) is 35.9 Å². The quantitative estimate of drug-likeness (QED) is 0.138. The molecule has 0 saturated heterocycles. The molecule has 51 heavy (non-hydrogen) atoms. The highest BCUT2D eigenvalue weighted by atomic mass is 127. The minimum Gasteiger partial charge on any atom is -0.493 e. The largest absolute Gasteiger partial charge is 0.493 e. The second kappa shape index (κ2) is 18.0. The third-order valence-corrected chi connectivity index (χ3v) is 11.1. The molecule has 1 aromatic heterocycles. The van der Waals surface area contributed by atoms with Crippen molar-refractivity contribution in [3.05, 3.63) is 68.9 Å². The number of para-hydroxylation sites is 1. The predicted octanol–water partition coefficient (Wildman–Crippen LogP) is 4.74. The SMILES string of the molecule is COc1cc(CO)cc(I)c1OC1C=C(C(=O)NCCO)CC(N(CCc2cc3ccccc3[nH]2)C(=O)COC2CC(C)CCC2C(C)C)C1O. The molecular formula is C39H52IN3O8. The first-order valence-corrected chi connectivity index (χ1v) is 19.0. The van der Waals surface area contributed by atoms with Gasteiger partial charge < -0.3 is 44.7 Å². The second-order valence-electron chi connectivity index (χ2n) is 14.2. The summed E-state index contributed by atoms with van der Waals surface area (Å²) >= 11 is 2.08. The third-order valence-electron chi connectivity index (χ3n) is 10.3. The Hall–Kier alpha value is -3.17. The summed E-state index contributed by atoms with van der Waals surface area (Å²) in [6, 6.07) is 12.6. The molecule has 1 fully saturated rings. The number of hydrogen-bond acceptors (Lipinski definition) is 8. The fourth-order valence-electron chi connectivity index (χ4n) is 7.45. The standard InChI is InChI=1S/C39H52IN3O8/c1-23(2)29-10-9-24(3)15-33(29)50-22-36(46)43(13-11-28-18-26-7-5-6-8-31(26)42-28)32-19-27(39(48)41-12-14-44)20-34(37(32)47)51-38-30(40)16-25(21-45)17-35(38)49-4/h5-8,16-18,20,23-24,29,32-34,37,42,44-45,47H,9-15,19,21-22H2,1-4H3,(H,41,48). The number of fused-ring (bicyclic) bond motifs is 1. The van der Waals surface area contributed by atoms with Crippen molar-refractivity contribution in [2.45, 2.75) is 83.8 Å². The van der Waals surface area contributed by atoms with Gasteiger partial charge >= 0.3 is 0 Å². The first kappa shape index (κ1) is 39.0. The summed E-state index contributed by atoms with van der Waals surface area (Å²) in [5.41, 5.74) is 2.89. The van der Waals surface area contributed by atoms with Crippen molar-refractivity contribution < 1.29 is 39.1 Å². The Morgan fingerprint density at radius 2 is 1.92 bits per heavy atom. The average molecular weight is 818 g/mol. The number of ether oxygens (including phenoxy) is 3. The Kier molecular flexibility index (Phi) is 13.8. The number of nitrogens with one attached hydrogen (secondary N) is 2. The van der Waals surface area contributed by atoms with Crippen LogP contribution in [-0.4, -0.2) is 94.8 Å². The number of rotatable bonds is 15. The van der Waals surface area contributed by atoms with E-state index in [0.29, 0.717) is 50.4 Å². The number of hydrogen-bond donors (Lipinski definition) is 5. The molecule has 0 bridgehead atoms. The molecule has 2 aliphatic carbocycles. The Morgan fingerprint density at radius 1 is 1.14 bits per heavy atom. The lowest BCUT2D eigenvalue weighted by Gasteiger charge is -2.41. The van der Waals surface area contributed by atoms with Crippen LogP contribution in [0.1, 0.15) is 57.7 Å². The molecule has 3 aromatic rings. The van der Waals surface area contributed by atoms with Crippen LogP contribution >= 0.6 is 22.6 Å². The number of methoxy groups -OCH3 is 1. The molecular weight excluding hydrogens is 765 g/mol. The van der Waals surface area contributed by atoms with E-state index in [1.807, 2.05) is 24.3 Å². The van der Waals surface area contributed by atoms with Crippen LogP contribution in [0.15, 0.2) is 54.1 Å². The highest BCUT2D eigenvalue weighted by molar-refractivity contribution is 14.1. The first-order chi connectivity index (χ1) is 24.5. The minimum absolute atomic E-state index is 0.0447. The molecule has 5 N–H and O–H groups in total. The summed E-state index contributed by atoms with van der Waals surface area (Å²) in [5.74, 6) is 1.30. The van der Waals surface area contributed by atoms with Crippen molar-refractivity contribution in [2.75, 3.05) is 33.4 Å². The second-order valence-corrected chi connectivity index (χ2v) is 15.3. The van der Waals surface area contributed by atoms with Gasteiger partial charge in [0.1, 0.15) is 18.8 Å². The molecule has 0 spiro atoms. The molecule has 2 aliphatic rings. The third kappa shape index (κ3) is 9.64. The number of aliphatic hydroxyl groups excluding tert-OH is 3. The number of aliphatic hydroxyl groups is 3. The zero-order chi connectivity index (χ0) is 36.7. The average Bonchev–Trinajstić information content (AvgIpc) is 3.54. The summed E-state index contributed by atoms with van der Waals surface area (Å²) in [6.45, 7) is 6.37. The van der Waals surface area contributed by atoms with Crippen molar-refractivity contribution in [3.63, 3.8) is 0 Å². The van der Waals surface area contributed by atoms with E-state index in [1.165, 1.54) is 7.11 Å². The molecule has 0 aliphatic heterocycles. The van der Waals surface area contributed by atoms with Gasteiger partial charge in [0.25, 0.3) is 0 Å².